The highest BCUT2D eigenvalue weighted by molar-refractivity contribution is 6.30. The number of benzene rings is 1. The van der Waals surface area contributed by atoms with Crippen LogP contribution in [0.4, 0.5) is 0 Å². The summed E-state index contributed by atoms with van der Waals surface area (Å²) in [6.45, 7) is 8.03. The summed E-state index contributed by atoms with van der Waals surface area (Å²) in [7, 11) is 1.63. The second-order valence-electron chi connectivity index (χ2n) is 9.14. The van der Waals surface area contributed by atoms with Crippen LogP contribution in [-0.2, 0) is 21.0 Å². The molecule has 3 rings (SSSR count). The molecule has 1 aromatic carbocycles. The minimum atomic E-state index is -0.372. The Morgan fingerprint density at radius 2 is 2.03 bits per heavy atom. The molecule has 0 N–H and O–H groups in total. The summed E-state index contributed by atoms with van der Waals surface area (Å²) >= 11 is 5.99. The minimum absolute atomic E-state index is 0.205. The SMILES string of the molecule is Cc1ncc2c(c1OC(=O)CCCCO/N=[N+](\[O-])N(C)C(C)(C)C)CO[C@H]2c1ccc(Cl)cc1. The van der Waals surface area contributed by atoms with E-state index < -0.39 is 0 Å². The zero-order valence-electron chi connectivity index (χ0n) is 20.2. The number of hydrazine groups is 1. The van der Waals surface area contributed by atoms with Crippen LogP contribution in [0, 0.1) is 12.1 Å². The minimum Gasteiger partial charge on any atom is -0.569 e. The number of esters is 1. The molecule has 0 aliphatic carbocycles. The van der Waals surface area contributed by atoms with Crippen molar-refractivity contribution in [3.05, 3.63) is 63.1 Å². The molecule has 1 aliphatic rings. The molecular formula is C24H31ClN4O5. The molecule has 34 heavy (non-hydrogen) atoms. The smallest absolute Gasteiger partial charge is 0.311 e. The van der Waals surface area contributed by atoms with Crippen LogP contribution in [0.2, 0.25) is 5.02 Å². The van der Waals surface area contributed by atoms with Gasteiger partial charge in [0, 0.05) is 28.8 Å². The van der Waals surface area contributed by atoms with Gasteiger partial charge < -0.3 is 19.5 Å². The Bertz CT molecular complexity index is 1040. The summed E-state index contributed by atoms with van der Waals surface area (Å²) in [6, 6.07) is 7.45. The number of hydrogen-bond donors (Lipinski definition) is 0. The lowest BCUT2D eigenvalue weighted by atomic mass is 10.0. The van der Waals surface area contributed by atoms with E-state index in [4.69, 9.17) is 25.9 Å². The Kier molecular flexibility index (Phi) is 8.33. The normalized spacial score (nSPS) is 15.7. The number of carbonyl (C=O) groups is 1. The lowest BCUT2D eigenvalue weighted by Crippen LogP contribution is -2.42. The van der Waals surface area contributed by atoms with Gasteiger partial charge >= 0.3 is 5.97 Å². The molecule has 0 amide bonds. The fraction of sp³-hybridized carbons (Fsp3) is 0.500. The molecule has 1 aromatic heterocycles. The van der Waals surface area contributed by atoms with Crippen molar-refractivity contribution in [2.45, 2.75) is 65.2 Å². The summed E-state index contributed by atoms with van der Waals surface area (Å²) in [5.41, 5.74) is 2.94. The number of rotatable bonds is 9. The third kappa shape index (κ3) is 6.36. The number of pyridine rings is 1. The van der Waals surface area contributed by atoms with Crippen LogP contribution < -0.4 is 4.74 Å². The van der Waals surface area contributed by atoms with Crippen molar-refractivity contribution in [3.8, 4) is 5.75 Å². The molecule has 2 heterocycles. The number of fused-ring (bicyclic) bond motifs is 1. The third-order valence-electron chi connectivity index (χ3n) is 5.64. The average molecular weight is 491 g/mol. The fourth-order valence-corrected chi connectivity index (χ4v) is 3.46. The number of unbranched alkanes of at least 4 members (excludes halogenated alkanes) is 1. The molecule has 0 spiro atoms. The van der Waals surface area contributed by atoms with E-state index in [1.807, 2.05) is 45.0 Å². The molecule has 0 saturated carbocycles. The van der Waals surface area contributed by atoms with Crippen molar-refractivity contribution in [3.63, 3.8) is 0 Å². The van der Waals surface area contributed by atoms with Crippen LogP contribution in [0.5, 0.6) is 5.75 Å². The molecule has 0 saturated heterocycles. The number of hydrogen-bond acceptors (Lipinski definition) is 7. The Labute approximate surface area is 204 Å². The Balaban J connectivity index is 1.52. The van der Waals surface area contributed by atoms with Gasteiger partial charge in [-0.2, -0.15) is 0 Å². The monoisotopic (exact) mass is 490 g/mol. The first-order valence-electron chi connectivity index (χ1n) is 11.2. The summed E-state index contributed by atoms with van der Waals surface area (Å²) in [6.07, 6.45) is 2.78. The van der Waals surface area contributed by atoms with Gasteiger partial charge in [-0.15, -0.1) is 5.01 Å². The molecule has 1 aliphatic heterocycles. The first-order valence-corrected chi connectivity index (χ1v) is 11.6. The van der Waals surface area contributed by atoms with E-state index in [9.17, 15) is 10.0 Å². The van der Waals surface area contributed by atoms with Gasteiger partial charge in [0.25, 0.3) is 0 Å². The standard InChI is InChI=1S/C24H31ClN4O5/c1-16-22(20-15-32-23(19(20)14-26-16)17-9-11-18(25)12-10-17)34-21(30)8-6-7-13-33-27-29(31)28(5)24(2,3)4/h9-12,14,23H,6-8,13,15H2,1-5H3/b29-27-/t23-/m0/s1. The number of ether oxygens (including phenoxy) is 2. The first kappa shape index (κ1) is 25.7. The third-order valence-corrected chi connectivity index (χ3v) is 5.89. The van der Waals surface area contributed by atoms with Gasteiger partial charge in [-0.3, -0.25) is 9.78 Å². The van der Waals surface area contributed by atoms with Gasteiger partial charge in [-0.05, 0) is 58.2 Å². The summed E-state index contributed by atoms with van der Waals surface area (Å²) in [5, 5.41) is 17.4. The molecule has 2 aromatic rings. The van der Waals surface area contributed by atoms with Crippen molar-refractivity contribution in [1.29, 1.82) is 0 Å². The van der Waals surface area contributed by atoms with E-state index in [2.05, 4.69) is 10.3 Å². The summed E-state index contributed by atoms with van der Waals surface area (Å²) in [5.74, 6) is 0.0977. The molecule has 184 valence electrons. The van der Waals surface area contributed by atoms with Gasteiger partial charge in [0.15, 0.2) is 5.75 Å². The number of halogens is 1. The first-order chi connectivity index (χ1) is 16.1. The van der Waals surface area contributed by atoms with E-state index in [0.717, 1.165) is 16.7 Å². The lowest BCUT2D eigenvalue weighted by Gasteiger charge is -2.26. The van der Waals surface area contributed by atoms with Crippen LogP contribution >= 0.6 is 11.6 Å². The molecule has 10 heteroatoms. The Morgan fingerprint density at radius 1 is 1.32 bits per heavy atom. The molecule has 1 atom stereocenters. The highest BCUT2D eigenvalue weighted by Gasteiger charge is 2.30. The van der Waals surface area contributed by atoms with Crippen molar-refractivity contribution >= 4 is 17.6 Å². The van der Waals surface area contributed by atoms with Crippen molar-refractivity contribution in [2.24, 2.45) is 5.28 Å². The Hall–Kier alpha value is -2.91. The van der Waals surface area contributed by atoms with Gasteiger partial charge in [0.1, 0.15) is 12.7 Å². The van der Waals surface area contributed by atoms with Crippen LogP contribution in [0.25, 0.3) is 0 Å². The Morgan fingerprint density at radius 3 is 2.71 bits per heavy atom. The number of aromatic nitrogens is 1. The van der Waals surface area contributed by atoms with E-state index >= 15 is 0 Å². The maximum atomic E-state index is 12.5. The van der Waals surface area contributed by atoms with Crippen molar-refractivity contribution in [1.82, 2.24) is 9.99 Å². The van der Waals surface area contributed by atoms with E-state index in [1.165, 1.54) is 5.01 Å². The van der Waals surface area contributed by atoms with E-state index in [-0.39, 0.29) is 30.6 Å². The molecule has 0 unspecified atom stereocenters. The number of nitrogens with zero attached hydrogens (tertiary/aromatic N) is 4. The van der Waals surface area contributed by atoms with Crippen molar-refractivity contribution < 1.29 is 24.1 Å². The van der Waals surface area contributed by atoms with Gasteiger partial charge in [-0.25, -0.2) is 0 Å². The van der Waals surface area contributed by atoms with Crippen LogP contribution in [0.1, 0.15) is 68.5 Å². The summed E-state index contributed by atoms with van der Waals surface area (Å²) < 4.78 is 11.6. The number of aryl methyl sites for hydroxylation is 1. The zero-order chi connectivity index (χ0) is 24.9. The molecule has 0 bridgehead atoms. The topological polar surface area (TPSA) is 99.3 Å². The van der Waals surface area contributed by atoms with E-state index in [0.29, 0.717) is 40.9 Å². The lowest BCUT2D eigenvalue weighted by molar-refractivity contribution is -0.719. The fourth-order valence-electron chi connectivity index (χ4n) is 3.33. The predicted octanol–water partition coefficient (Wildman–Crippen LogP) is 5.28. The quantitative estimate of drug-likeness (QED) is 0.155. The second kappa shape index (κ2) is 11.0. The number of carbonyl (C=O) groups excluding carboxylic acids is 1. The van der Waals surface area contributed by atoms with Gasteiger partial charge in [0.05, 0.1) is 29.9 Å². The summed E-state index contributed by atoms with van der Waals surface area (Å²) in [4.78, 5) is 22.3. The van der Waals surface area contributed by atoms with Crippen LogP contribution in [0.15, 0.2) is 35.7 Å². The molecule has 0 radical (unpaired) electrons. The maximum Gasteiger partial charge on any atom is 0.311 e. The predicted molar refractivity (Wildman–Crippen MR) is 126 cm³/mol. The largest absolute Gasteiger partial charge is 0.569 e. The second-order valence-corrected chi connectivity index (χ2v) is 9.58. The molecule has 0 fully saturated rings. The highest BCUT2D eigenvalue weighted by Crippen LogP contribution is 2.41. The maximum absolute atomic E-state index is 12.5. The molecule has 9 nitrogen and oxygen atoms in total. The molecular weight excluding hydrogens is 460 g/mol. The van der Waals surface area contributed by atoms with Gasteiger partial charge in [-0.1, -0.05) is 23.7 Å². The van der Waals surface area contributed by atoms with Gasteiger partial charge in [0.2, 0.25) is 5.28 Å². The average Bonchev–Trinajstić information content (AvgIpc) is 3.21. The van der Waals surface area contributed by atoms with Crippen LogP contribution in [0.3, 0.4) is 0 Å². The zero-order valence-corrected chi connectivity index (χ0v) is 21.0. The highest BCUT2D eigenvalue weighted by atomic mass is 35.5. The van der Waals surface area contributed by atoms with E-state index in [1.54, 1.807) is 20.2 Å². The van der Waals surface area contributed by atoms with Crippen LogP contribution in [-0.4, -0.2) is 40.1 Å². The van der Waals surface area contributed by atoms with Crippen molar-refractivity contribution in [2.75, 3.05) is 13.7 Å².